The molecule has 0 aromatic carbocycles. The molecule has 1 saturated heterocycles. The van der Waals surface area contributed by atoms with Crippen LogP contribution in [0.3, 0.4) is 0 Å². The molecule has 1 aliphatic rings. The van der Waals surface area contributed by atoms with Crippen molar-refractivity contribution < 1.29 is 0 Å². The van der Waals surface area contributed by atoms with Crippen molar-refractivity contribution in [1.29, 1.82) is 0 Å². The van der Waals surface area contributed by atoms with Gasteiger partial charge in [-0.2, -0.15) is 0 Å². The van der Waals surface area contributed by atoms with Gasteiger partial charge in [-0.05, 0) is 18.9 Å². The highest BCUT2D eigenvalue weighted by molar-refractivity contribution is 4.77. The maximum atomic E-state index is 6.20. The van der Waals surface area contributed by atoms with E-state index < -0.39 is 0 Å². The highest BCUT2D eigenvalue weighted by atomic mass is 15.3. The third-order valence-electron chi connectivity index (χ3n) is 3.85. The van der Waals surface area contributed by atoms with Gasteiger partial charge in [0, 0.05) is 38.8 Å². The van der Waals surface area contributed by atoms with E-state index in [-0.39, 0.29) is 0 Å². The monoisotopic (exact) mass is 227 g/mol. The first-order chi connectivity index (χ1) is 7.67. The topological polar surface area (TPSA) is 32.5 Å². The molecule has 0 aliphatic carbocycles. The number of nitrogens with zero attached hydrogens (tertiary/aromatic N) is 2. The van der Waals surface area contributed by atoms with Crippen LogP contribution < -0.4 is 5.73 Å². The summed E-state index contributed by atoms with van der Waals surface area (Å²) < 4.78 is 0. The fraction of sp³-hybridized carbons (Fsp3) is 1.00. The largest absolute Gasteiger partial charge is 0.326 e. The van der Waals surface area contributed by atoms with Crippen LogP contribution in [0.5, 0.6) is 0 Å². The zero-order chi connectivity index (χ0) is 12.0. The summed E-state index contributed by atoms with van der Waals surface area (Å²) in [6.45, 7) is 13.9. The van der Waals surface area contributed by atoms with Gasteiger partial charge in [-0.15, -0.1) is 0 Å². The molecule has 2 unspecified atom stereocenters. The van der Waals surface area contributed by atoms with E-state index in [1.807, 2.05) is 0 Å². The standard InChI is InChI=1S/C13H29N3/c1-4-6-15-7-9-16(10-8-15)11-13(14)12(3)5-2/h12-13H,4-11,14H2,1-3H3. The van der Waals surface area contributed by atoms with Gasteiger partial charge in [-0.25, -0.2) is 0 Å². The van der Waals surface area contributed by atoms with E-state index >= 15 is 0 Å². The molecule has 1 aliphatic heterocycles. The molecule has 0 aromatic heterocycles. The summed E-state index contributed by atoms with van der Waals surface area (Å²) in [6.07, 6.45) is 2.46. The van der Waals surface area contributed by atoms with Gasteiger partial charge in [0.25, 0.3) is 0 Å². The van der Waals surface area contributed by atoms with E-state index in [2.05, 4.69) is 30.6 Å². The second-order valence-corrected chi connectivity index (χ2v) is 5.19. The number of nitrogens with two attached hydrogens (primary N) is 1. The van der Waals surface area contributed by atoms with Gasteiger partial charge in [0.15, 0.2) is 0 Å². The van der Waals surface area contributed by atoms with Crippen molar-refractivity contribution in [3.63, 3.8) is 0 Å². The van der Waals surface area contributed by atoms with Gasteiger partial charge in [-0.3, -0.25) is 4.90 Å². The quantitative estimate of drug-likeness (QED) is 0.744. The van der Waals surface area contributed by atoms with Crippen LogP contribution in [0.1, 0.15) is 33.6 Å². The predicted molar refractivity (Wildman–Crippen MR) is 70.6 cm³/mol. The van der Waals surface area contributed by atoms with E-state index in [4.69, 9.17) is 5.73 Å². The Kier molecular flexibility index (Phi) is 6.32. The van der Waals surface area contributed by atoms with Crippen molar-refractivity contribution in [3.8, 4) is 0 Å². The number of hydrogen-bond acceptors (Lipinski definition) is 3. The third kappa shape index (κ3) is 4.40. The van der Waals surface area contributed by atoms with Crippen molar-refractivity contribution in [1.82, 2.24) is 9.80 Å². The van der Waals surface area contributed by atoms with E-state index in [9.17, 15) is 0 Å². The van der Waals surface area contributed by atoms with Crippen molar-refractivity contribution in [2.75, 3.05) is 39.3 Å². The molecule has 0 saturated carbocycles. The molecule has 0 spiro atoms. The van der Waals surface area contributed by atoms with Gasteiger partial charge in [0.05, 0.1) is 0 Å². The fourth-order valence-corrected chi connectivity index (χ4v) is 2.29. The molecule has 16 heavy (non-hydrogen) atoms. The third-order valence-corrected chi connectivity index (χ3v) is 3.85. The summed E-state index contributed by atoms with van der Waals surface area (Å²) in [5.74, 6) is 0.647. The molecule has 0 bridgehead atoms. The SMILES string of the molecule is CCCN1CCN(CC(N)C(C)CC)CC1. The van der Waals surface area contributed by atoms with Crippen LogP contribution in [0, 0.1) is 5.92 Å². The first-order valence-electron chi connectivity index (χ1n) is 6.87. The van der Waals surface area contributed by atoms with Gasteiger partial charge in [-0.1, -0.05) is 27.2 Å². The van der Waals surface area contributed by atoms with Gasteiger partial charge >= 0.3 is 0 Å². The lowest BCUT2D eigenvalue weighted by Gasteiger charge is -2.36. The highest BCUT2D eigenvalue weighted by Gasteiger charge is 2.19. The maximum Gasteiger partial charge on any atom is 0.0193 e. The molecular weight excluding hydrogens is 198 g/mol. The van der Waals surface area contributed by atoms with Gasteiger partial charge < -0.3 is 10.6 Å². The second kappa shape index (κ2) is 7.25. The normalized spacial score (nSPS) is 23.2. The average molecular weight is 227 g/mol. The Balaban J connectivity index is 2.21. The Bertz CT molecular complexity index is 176. The molecule has 1 fully saturated rings. The zero-order valence-electron chi connectivity index (χ0n) is 11.3. The molecule has 96 valence electrons. The summed E-state index contributed by atoms with van der Waals surface area (Å²) in [5.41, 5.74) is 6.20. The summed E-state index contributed by atoms with van der Waals surface area (Å²) in [4.78, 5) is 5.09. The minimum atomic E-state index is 0.350. The van der Waals surface area contributed by atoms with Crippen LogP contribution >= 0.6 is 0 Å². The molecule has 3 nitrogen and oxygen atoms in total. The Morgan fingerprint density at radius 3 is 2.12 bits per heavy atom. The first-order valence-corrected chi connectivity index (χ1v) is 6.87. The number of hydrogen-bond donors (Lipinski definition) is 1. The average Bonchev–Trinajstić information content (AvgIpc) is 2.31. The minimum Gasteiger partial charge on any atom is -0.326 e. The van der Waals surface area contributed by atoms with E-state index in [1.165, 1.54) is 45.6 Å². The predicted octanol–water partition coefficient (Wildman–Crippen LogP) is 1.39. The summed E-state index contributed by atoms with van der Waals surface area (Å²) in [6, 6.07) is 0.350. The molecule has 3 heteroatoms. The second-order valence-electron chi connectivity index (χ2n) is 5.19. The molecule has 0 amide bonds. The Labute approximate surface area is 101 Å². The molecular formula is C13H29N3. The maximum absolute atomic E-state index is 6.20. The lowest BCUT2D eigenvalue weighted by atomic mass is 9.99. The number of rotatable bonds is 6. The number of piperazine rings is 1. The summed E-state index contributed by atoms with van der Waals surface area (Å²) >= 11 is 0. The first kappa shape index (κ1) is 13.9. The Morgan fingerprint density at radius 1 is 1.06 bits per heavy atom. The van der Waals surface area contributed by atoms with Crippen molar-refractivity contribution in [2.45, 2.75) is 39.7 Å². The minimum absolute atomic E-state index is 0.350. The molecule has 2 atom stereocenters. The van der Waals surface area contributed by atoms with Crippen LogP contribution in [0.15, 0.2) is 0 Å². The Morgan fingerprint density at radius 2 is 1.62 bits per heavy atom. The molecule has 1 heterocycles. The summed E-state index contributed by atoms with van der Waals surface area (Å²) in [7, 11) is 0. The van der Waals surface area contributed by atoms with Crippen LogP contribution in [0.4, 0.5) is 0 Å². The fourth-order valence-electron chi connectivity index (χ4n) is 2.29. The Hall–Kier alpha value is -0.120. The van der Waals surface area contributed by atoms with E-state index in [0.717, 1.165) is 6.54 Å². The van der Waals surface area contributed by atoms with E-state index in [1.54, 1.807) is 0 Å². The van der Waals surface area contributed by atoms with Crippen LogP contribution in [0.25, 0.3) is 0 Å². The van der Waals surface area contributed by atoms with E-state index in [0.29, 0.717) is 12.0 Å². The van der Waals surface area contributed by atoms with Crippen LogP contribution in [-0.4, -0.2) is 55.1 Å². The lowest BCUT2D eigenvalue weighted by molar-refractivity contribution is 0.121. The smallest absolute Gasteiger partial charge is 0.0193 e. The van der Waals surface area contributed by atoms with Crippen molar-refractivity contribution in [2.24, 2.45) is 11.7 Å². The molecule has 0 radical (unpaired) electrons. The van der Waals surface area contributed by atoms with Gasteiger partial charge in [0.1, 0.15) is 0 Å². The summed E-state index contributed by atoms with van der Waals surface area (Å²) in [5, 5.41) is 0. The van der Waals surface area contributed by atoms with Crippen molar-refractivity contribution in [3.05, 3.63) is 0 Å². The van der Waals surface area contributed by atoms with Crippen LogP contribution in [-0.2, 0) is 0 Å². The zero-order valence-corrected chi connectivity index (χ0v) is 11.3. The molecule has 0 aromatic rings. The van der Waals surface area contributed by atoms with Gasteiger partial charge in [0.2, 0.25) is 0 Å². The highest BCUT2D eigenvalue weighted by Crippen LogP contribution is 2.09. The molecule has 2 N–H and O–H groups in total. The van der Waals surface area contributed by atoms with Crippen molar-refractivity contribution >= 4 is 0 Å². The molecule has 1 rings (SSSR count). The lowest BCUT2D eigenvalue weighted by Crippen LogP contribution is -2.51. The van der Waals surface area contributed by atoms with Crippen LogP contribution in [0.2, 0.25) is 0 Å².